The summed E-state index contributed by atoms with van der Waals surface area (Å²) >= 11 is 0. The number of alkyl halides is 2. The zero-order valence-corrected chi connectivity index (χ0v) is 14.3. The van der Waals surface area contributed by atoms with Crippen LogP contribution in [0.2, 0.25) is 0 Å². The van der Waals surface area contributed by atoms with Crippen LogP contribution in [0.15, 0.2) is 48.5 Å². The largest absolute Gasteiger partial charge is 0.496 e. The molecule has 26 heavy (non-hydrogen) atoms. The molecular formula is C19H19F2N3O2. The van der Waals surface area contributed by atoms with Gasteiger partial charge in [-0.1, -0.05) is 30.3 Å². The number of hydrogen-bond donors (Lipinski definition) is 1. The van der Waals surface area contributed by atoms with E-state index in [2.05, 4.69) is 9.97 Å². The quantitative estimate of drug-likeness (QED) is 0.699. The van der Waals surface area contributed by atoms with Gasteiger partial charge in [0, 0.05) is 24.0 Å². The summed E-state index contributed by atoms with van der Waals surface area (Å²) in [6.45, 7) is 0.452. The van der Waals surface area contributed by atoms with E-state index in [0.29, 0.717) is 29.0 Å². The number of benzene rings is 2. The number of aromatic nitrogens is 2. The summed E-state index contributed by atoms with van der Waals surface area (Å²) in [6.07, 6.45) is -2.78. The van der Waals surface area contributed by atoms with Gasteiger partial charge < -0.3 is 14.7 Å². The Morgan fingerprint density at radius 1 is 1.08 bits per heavy atom. The van der Waals surface area contributed by atoms with Crippen LogP contribution in [-0.4, -0.2) is 35.3 Å². The van der Waals surface area contributed by atoms with E-state index >= 15 is 0 Å². The monoisotopic (exact) mass is 359 g/mol. The van der Waals surface area contributed by atoms with Crippen LogP contribution in [0.25, 0.3) is 10.9 Å². The molecule has 2 aromatic carbocycles. The summed E-state index contributed by atoms with van der Waals surface area (Å²) in [4.78, 5) is 9.79. The maximum absolute atomic E-state index is 13.3. The van der Waals surface area contributed by atoms with Gasteiger partial charge in [-0.2, -0.15) is 0 Å². The Morgan fingerprint density at radius 3 is 2.54 bits per heavy atom. The molecule has 136 valence electrons. The van der Waals surface area contributed by atoms with Crippen LogP contribution in [0.4, 0.5) is 14.6 Å². The zero-order chi connectivity index (χ0) is 18.5. The van der Waals surface area contributed by atoms with Crippen molar-refractivity contribution in [1.29, 1.82) is 0 Å². The third-order valence-corrected chi connectivity index (χ3v) is 4.02. The van der Waals surface area contributed by atoms with Crippen LogP contribution in [0, 0.1) is 0 Å². The Hall–Kier alpha value is -2.80. The van der Waals surface area contributed by atoms with Gasteiger partial charge in [-0.15, -0.1) is 0 Å². The summed E-state index contributed by atoms with van der Waals surface area (Å²) in [6, 6.07) is 14.4. The minimum atomic E-state index is -2.78. The zero-order valence-electron chi connectivity index (χ0n) is 14.3. The molecule has 1 aromatic heterocycles. The molecule has 0 atom stereocenters. The molecule has 5 nitrogen and oxygen atoms in total. The molecule has 1 heterocycles. The van der Waals surface area contributed by atoms with Crippen molar-refractivity contribution in [2.24, 2.45) is 0 Å². The van der Waals surface area contributed by atoms with E-state index in [1.54, 1.807) is 36.3 Å². The number of fused-ring (bicyclic) bond motifs is 1. The maximum Gasteiger partial charge on any atom is 0.297 e. The normalized spacial score (nSPS) is 11.1. The molecule has 1 N–H and O–H groups in total. The van der Waals surface area contributed by atoms with Crippen LogP contribution in [0.1, 0.15) is 17.8 Å². The number of methoxy groups -OCH3 is 1. The van der Waals surface area contributed by atoms with Gasteiger partial charge in [-0.3, -0.25) is 0 Å². The molecule has 0 spiro atoms. The smallest absolute Gasteiger partial charge is 0.297 e. The van der Waals surface area contributed by atoms with Crippen LogP contribution in [0.5, 0.6) is 5.75 Å². The summed E-state index contributed by atoms with van der Waals surface area (Å²) in [5.41, 5.74) is 1.31. The number of para-hydroxylation sites is 2. The Bertz CT molecular complexity index is 890. The number of ether oxygens (including phenoxy) is 1. The second-order valence-corrected chi connectivity index (χ2v) is 5.68. The van der Waals surface area contributed by atoms with Gasteiger partial charge in [0.1, 0.15) is 11.6 Å². The highest BCUT2D eigenvalue weighted by atomic mass is 19.3. The Morgan fingerprint density at radius 2 is 1.81 bits per heavy atom. The molecule has 0 bridgehead atoms. The molecule has 0 aliphatic heterocycles. The molecule has 0 unspecified atom stereocenters. The highest BCUT2D eigenvalue weighted by Crippen LogP contribution is 2.29. The van der Waals surface area contributed by atoms with E-state index in [9.17, 15) is 13.9 Å². The van der Waals surface area contributed by atoms with Gasteiger partial charge in [0.05, 0.1) is 19.2 Å². The number of rotatable bonds is 7. The second-order valence-electron chi connectivity index (χ2n) is 5.68. The third-order valence-electron chi connectivity index (χ3n) is 4.02. The van der Waals surface area contributed by atoms with Crippen LogP contribution in [-0.2, 0) is 6.54 Å². The molecule has 0 radical (unpaired) electrons. The lowest BCUT2D eigenvalue weighted by Crippen LogP contribution is -2.28. The number of aliphatic hydroxyl groups excluding tert-OH is 1. The number of hydrogen-bond acceptors (Lipinski definition) is 5. The first-order chi connectivity index (χ1) is 12.6. The lowest BCUT2D eigenvalue weighted by Gasteiger charge is -2.25. The molecule has 3 aromatic rings. The molecule has 0 saturated heterocycles. The molecule has 0 aliphatic carbocycles. The van der Waals surface area contributed by atoms with Gasteiger partial charge in [0.2, 0.25) is 0 Å². The SMILES string of the molecule is COc1ccccc1CN(CCO)c1nc(C(F)F)nc2ccccc12. The first-order valence-electron chi connectivity index (χ1n) is 8.16. The van der Waals surface area contributed by atoms with Gasteiger partial charge in [0.25, 0.3) is 6.43 Å². The predicted octanol–water partition coefficient (Wildman–Crippen LogP) is 3.57. The lowest BCUT2D eigenvalue weighted by atomic mass is 10.1. The Labute approximate surface area is 149 Å². The van der Waals surface area contributed by atoms with Gasteiger partial charge in [-0.05, 0) is 18.2 Å². The first kappa shape index (κ1) is 18.0. The van der Waals surface area contributed by atoms with E-state index in [-0.39, 0.29) is 13.2 Å². The van der Waals surface area contributed by atoms with Gasteiger partial charge >= 0.3 is 0 Å². The van der Waals surface area contributed by atoms with E-state index < -0.39 is 12.2 Å². The number of aliphatic hydroxyl groups is 1. The van der Waals surface area contributed by atoms with Crippen molar-refractivity contribution in [3.8, 4) is 5.75 Å². The maximum atomic E-state index is 13.3. The summed E-state index contributed by atoms with van der Waals surface area (Å²) < 4.78 is 31.9. The lowest BCUT2D eigenvalue weighted by molar-refractivity contribution is 0.141. The van der Waals surface area contributed by atoms with Crippen molar-refractivity contribution in [2.75, 3.05) is 25.2 Å². The topological polar surface area (TPSA) is 58.5 Å². The van der Waals surface area contributed by atoms with Crippen molar-refractivity contribution in [2.45, 2.75) is 13.0 Å². The molecule has 0 aliphatic rings. The number of anilines is 1. The minimum Gasteiger partial charge on any atom is -0.496 e. The van der Waals surface area contributed by atoms with Gasteiger partial charge in [0.15, 0.2) is 5.82 Å². The van der Waals surface area contributed by atoms with E-state index in [1.165, 1.54) is 0 Å². The van der Waals surface area contributed by atoms with Crippen molar-refractivity contribution in [3.63, 3.8) is 0 Å². The Balaban J connectivity index is 2.10. The van der Waals surface area contributed by atoms with Crippen LogP contribution < -0.4 is 9.64 Å². The van der Waals surface area contributed by atoms with Crippen LogP contribution in [0.3, 0.4) is 0 Å². The van der Waals surface area contributed by atoms with Crippen LogP contribution >= 0.6 is 0 Å². The highest BCUT2D eigenvalue weighted by Gasteiger charge is 2.19. The average molecular weight is 359 g/mol. The molecule has 7 heteroatoms. The number of halogens is 2. The second kappa shape index (κ2) is 8.05. The van der Waals surface area contributed by atoms with Crippen molar-refractivity contribution in [1.82, 2.24) is 9.97 Å². The first-order valence-corrected chi connectivity index (χ1v) is 8.16. The van der Waals surface area contributed by atoms with E-state index in [4.69, 9.17) is 4.74 Å². The summed E-state index contributed by atoms with van der Waals surface area (Å²) in [5, 5.41) is 10.1. The summed E-state index contributed by atoms with van der Waals surface area (Å²) in [5.74, 6) is 0.524. The molecule has 0 fully saturated rings. The van der Waals surface area contributed by atoms with Crippen molar-refractivity contribution < 1.29 is 18.6 Å². The molecule has 0 amide bonds. The van der Waals surface area contributed by atoms with Gasteiger partial charge in [-0.25, -0.2) is 18.7 Å². The van der Waals surface area contributed by atoms with Crippen molar-refractivity contribution >= 4 is 16.7 Å². The minimum absolute atomic E-state index is 0.141. The Kier molecular flexibility index (Phi) is 5.58. The van der Waals surface area contributed by atoms with Crippen molar-refractivity contribution in [3.05, 3.63) is 59.9 Å². The van der Waals surface area contributed by atoms with E-state index in [1.807, 2.05) is 24.3 Å². The average Bonchev–Trinajstić information content (AvgIpc) is 2.67. The van der Waals surface area contributed by atoms with E-state index in [0.717, 1.165) is 5.56 Å². The highest BCUT2D eigenvalue weighted by molar-refractivity contribution is 5.89. The molecule has 3 rings (SSSR count). The third kappa shape index (κ3) is 3.72. The fourth-order valence-electron chi connectivity index (χ4n) is 2.84. The number of nitrogens with zero attached hydrogens (tertiary/aromatic N) is 3. The molecule has 0 saturated carbocycles. The summed E-state index contributed by atoms with van der Waals surface area (Å²) in [7, 11) is 1.57. The fraction of sp³-hybridized carbons (Fsp3) is 0.263. The predicted molar refractivity (Wildman–Crippen MR) is 95.6 cm³/mol. The standard InChI is InChI=1S/C19H19F2N3O2/c1-26-16-9-5-2-6-13(16)12-24(10-11-25)19-14-7-3-4-8-15(14)22-18(23-19)17(20)21/h2-9,17,25H,10-12H2,1H3. The molecular weight excluding hydrogens is 340 g/mol. The fourth-order valence-corrected chi connectivity index (χ4v) is 2.84.